The first-order valence-electron chi connectivity index (χ1n) is 7.30. The normalized spacial score (nSPS) is 11.0. The van der Waals surface area contributed by atoms with Gasteiger partial charge < -0.3 is 14.5 Å². The summed E-state index contributed by atoms with van der Waals surface area (Å²) in [5.74, 6) is 1.05. The van der Waals surface area contributed by atoms with Crippen molar-refractivity contribution in [2.24, 2.45) is 0 Å². The van der Waals surface area contributed by atoms with Crippen molar-refractivity contribution in [2.45, 2.75) is 19.6 Å². The standard InChI is InChI=1S/C17H20BrNO3Si/c1-23(2,3)22-16-7-5-4-6-15(16)21-12-17(20)19-14-10-8-13(18)9-11-14/h4-11H,12H2,1-3H3,(H,19,20). The van der Waals surface area contributed by atoms with E-state index in [1.165, 1.54) is 0 Å². The Bertz CT molecular complexity index is 668. The van der Waals surface area contributed by atoms with E-state index in [1.807, 2.05) is 48.5 Å². The molecule has 0 aromatic heterocycles. The molecule has 0 bridgehead atoms. The minimum atomic E-state index is -1.74. The number of amides is 1. The molecule has 0 saturated carbocycles. The van der Waals surface area contributed by atoms with Crippen LogP contribution < -0.4 is 14.5 Å². The van der Waals surface area contributed by atoms with Crippen molar-refractivity contribution in [3.05, 3.63) is 53.0 Å². The molecule has 4 nitrogen and oxygen atoms in total. The van der Waals surface area contributed by atoms with E-state index in [2.05, 4.69) is 40.9 Å². The quantitative estimate of drug-likeness (QED) is 0.724. The molecule has 0 aliphatic rings. The second-order valence-electron chi connectivity index (χ2n) is 6.00. The summed E-state index contributed by atoms with van der Waals surface area (Å²) in [7, 11) is -1.74. The highest BCUT2D eigenvalue weighted by Gasteiger charge is 2.18. The van der Waals surface area contributed by atoms with E-state index >= 15 is 0 Å². The van der Waals surface area contributed by atoms with Crippen molar-refractivity contribution in [1.82, 2.24) is 0 Å². The van der Waals surface area contributed by atoms with Crippen molar-refractivity contribution in [3.63, 3.8) is 0 Å². The van der Waals surface area contributed by atoms with Crippen LogP contribution in [0.4, 0.5) is 5.69 Å². The average molecular weight is 394 g/mol. The Morgan fingerprint density at radius 2 is 1.65 bits per heavy atom. The predicted octanol–water partition coefficient (Wildman–Crippen LogP) is 4.68. The zero-order valence-electron chi connectivity index (χ0n) is 13.4. The third-order valence-corrected chi connectivity index (χ3v) is 4.11. The molecule has 0 atom stereocenters. The molecule has 0 aliphatic heterocycles. The molecule has 23 heavy (non-hydrogen) atoms. The maximum Gasteiger partial charge on any atom is 0.262 e. The summed E-state index contributed by atoms with van der Waals surface area (Å²) < 4.78 is 12.6. The van der Waals surface area contributed by atoms with E-state index in [4.69, 9.17) is 9.16 Å². The summed E-state index contributed by atoms with van der Waals surface area (Å²) in [5, 5.41) is 2.79. The van der Waals surface area contributed by atoms with Gasteiger partial charge in [-0.2, -0.15) is 0 Å². The van der Waals surface area contributed by atoms with Gasteiger partial charge in [-0.15, -0.1) is 0 Å². The summed E-state index contributed by atoms with van der Waals surface area (Å²) in [4.78, 5) is 12.0. The Morgan fingerprint density at radius 1 is 1.04 bits per heavy atom. The van der Waals surface area contributed by atoms with Crippen LogP contribution in [-0.4, -0.2) is 20.8 Å². The van der Waals surface area contributed by atoms with Gasteiger partial charge in [0.25, 0.3) is 5.91 Å². The smallest absolute Gasteiger partial charge is 0.262 e. The highest BCUT2D eigenvalue weighted by atomic mass is 79.9. The lowest BCUT2D eigenvalue weighted by atomic mass is 10.3. The van der Waals surface area contributed by atoms with Crippen molar-refractivity contribution in [3.8, 4) is 11.5 Å². The molecule has 6 heteroatoms. The Hall–Kier alpha value is -1.79. The maximum absolute atomic E-state index is 12.0. The molecular formula is C17H20BrNO3Si. The van der Waals surface area contributed by atoms with E-state index in [9.17, 15) is 4.79 Å². The van der Waals surface area contributed by atoms with Crippen LogP contribution >= 0.6 is 15.9 Å². The van der Waals surface area contributed by atoms with Gasteiger partial charge in [-0.25, -0.2) is 0 Å². The minimum Gasteiger partial charge on any atom is -0.542 e. The Labute approximate surface area is 146 Å². The van der Waals surface area contributed by atoms with E-state index in [0.29, 0.717) is 11.5 Å². The Balaban J connectivity index is 1.95. The molecule has 2 aromatic carbocycles. The number of carbonyl (C=O) groups is 1. The van der Waals surface area contributed by atoms with E-state index in [0.717, 1.165) is 10.2 Å². The zero-order valence-corrected chi connectivity index (χ0v) is 16.0. The lowest BCUT2D eigenvalue weighted by Crippen LogP contribution is -2.29. The highest BCUT2D eigenvalue weighted by Crippen LogP contribution is 2.28. The second-order valence-corrected chi connectivity index (χ2v) is 11.3. The summed E-state index contributed by atoms with van der Waals surface area (Å²) in [5.41, 5.74) is 0.730. The molecule has 2 rings (SSSR count). The van der Waals surface area contributed by atoms with Gasteiger partial charge in [0, 0.05) is 10.2 Å². The molecule has 0 aliphatic carbocycles. The van der Waals surface area contributed by atoms with Crippen molar-refractivity contribution in [1.29, 1.82) is 0 Å². The molecule has 122 valence electrons. The zero-order chi connectivity index (χ0) is 16.9. The number of para-hydroxylation sites is 2. The molecule has 0 unspecified atom stereocenters. The second kappa shape index (κ2) is 7.65. The van der Waals surface area contributed by atoms with Crippen LogP contribution in [0.2, 0.25) is 19.6 Å². The van der Waals surface area contributed by atoms with Gasteiger partial charge in [-0.3, -0.25) is 4.79 Å². The van der Waals surface area contributed by atoms with Gasteiger partial charge in [-0.05, 0) is 56.0 Å². The van der Waals surface area contributed by atoms with Gasteiger partial charge in [0.2, 0.25) is 8.32 Å². The van der Waals surface area contributed by atoms with E-state index < -0.39 is 8.32 Å². The molecule has 2 aromatic rings. The Kier molecular flexibility index (Phi) is 5.84. The lowest BCUT2D eigenvalue weighted by Gasteiger charge is -2.21. The maximum atomic E-state index is 12.0. The van der Waals surface area contributed by atoms with Crippen LogP contribution in [0.25, 0.3) is 0 Å². The number of rotatable bonds is 6. The summed E-state index contributed by atoms with van der Waals surface area (Å²) in [6.07, 6.45) is 0. The highest BCUT2D eigenvalue weighted by molar-refractivity contribution is 9.10. The van der Waals surface area contributed by atoms with Crippen LogP contribution in [0.1, 0.15) is 0 Å². The monoisotopic (exact) mass is 393 g/mol. The van der Waals surface area contributed by atoms with Crippen molar-refractivity contribution >= 4 is 35.8 Å². The fraction of sp³-hybridized carbons (Fsp3) is 0.235. The predicted molar refractivity (Wildman–Crippen MR) is 98.7 cm³/mol. The van der Waals surface area contributed by atoms with Gasteiger partial charge in [-0.1, -0.05) is 28.1 Å². The number of halogens is 1. The Morgan fingerprint density at radius 3 is 2.26 bits per heavy atom. The molecule has 0 spiro atoms. The van der Waals surface area contributed by atoms with Gasteiger partial charge in [0.05, 0.1) is 0 Å². The summed E-state index contributed by atoms with van der Waals surface area (Å²) in [6, 6.07) is 14.8. The number of ether oxygens (including phenoxy) is 1. The fourth-order valence-electron chi connectivity index (χ4n) is 1.86. The first-order chi connectivity index (χ1) is 10.8. The number of carbonyl (C=O) groups excluding carboxylic acids is 1. The van der Waals surface area contributed by atoms with Crippen molar-refractivity contribution < 1.29 is 14.0 Å². The van der Waals surface area contributed by atoms with Crippen LogP contribution in [0.5, 0.6) is 11.5 Å². The molecule has 0 radical (unpaired) electrons. The number of nitrogens with one attached hydrogen (secondary N) is 1. The third-order valence-electron chi connectivity index (χ3n) is 2.75. The van der Waals surface area contributed by atoms with Gasteiger partial charge in [0.15, 0.2) is 12.4 Å². The lowest BCUT2D eigenvalue weighted by molar-refractivity contribution is -0.118. The number of benzene rings is 2. The van der Waals surface area contributed by atoms with Gasteiger partial charge in [0.1, 0.15) is 5.75 Å². The molecule has 1 N–H and O–H groups in total. The first-order valence-corrected chi connectivity index (χ1v) is 11.5. The molecular weight excluding hydrogens is 374 g/mol. The average Bonchev–Trinajstić information content (AvgIpc) is 2.47. The van der Waals surface area contributed by atoms with E-state index in [-0.39, 0.29) is 12.5 Å². The number of hydrogen-bond acceptors (Lipinski definition) is 3. The number of anilines is 1. The minimum absolute atomic E-state index is 0.0673. The first kappa shape index (κ1) is 17.6. The summed E-state index contributed by atoms with van der Waals surface area (Å²) in [6.45, 7) is 6.24. The fourth-order valence-corrected chi connectivity index (χ4v) is 2.95. The SMILES string of the molecule is C[Si](C)(C)Oc1ccccc1OCC(=O)Nc1ccc(Br)cc1. The van der Waals surface area contributed by atoms with Crippen LogP contribution in [0.3, 0.4) is 0 Å². The van der Waals surface area contributed by atoms with Crippen LogP contribution in [0, 0.1) is 0 Å². The third kappa shape index (κ3) is 6.07. The molecule has 0 heterocycles. The summed E-state index contributed by atoms with van der Waals surface area (Å²) >= 11 is 3.36. The van der Waals surface area contributed by atoms with Crippen LogP contribution in [0.15, 0.2) is 53.0 Å². The molecule has 1 amide bonds. The van der Waals surface area contributed by atoms with Gasteiger partial charge >= 0.3 is 0 Å². The van der Waals surface area contributed by atoms with E-state index in [1.54, 1.807) is 0 Å². The van der Waals surface area contributed by atoms with Crippen LogP contribution in [-0.2, 0) is 4.79 Å². The molecule has 0 fully saturated rings. The van der Waals surface area contributed by atoms with Crippen molar-refractivity contribution in [2.75, 3.05) is 11.9 Å². The topological polar surface area (TPSA) is 47.6 Å². The number of hydrogen-bond donors (Lipinski definition) is 1. The largest absolute Gasteiger partial charge is 0.542 e. The molecule has 0 saturated heterocycles.